The first-order chi connectivity index (χ1) is 11.2. The van der Waals surface area contributed by atoms with Crippen molar-refractivity contribution in [1.29, 1.82) is 0 Å². The molecule has 0 atom stereocenters. The van der Waals surface area contributed by atoms with Gasteiger partial charge < -0.3 is 4.65 Å². The van der Waals surface area contributed by atoms with Crippen LogP contribution in [0.3, 0.4) is 0 Å². The van der Waals surface area contributed by atoms with Crippen molar-refractivity contribution >= 4 is 26.8 Å². The molecule has 0 unspecified atom stereocenters. The Bertz CT molecular complexity index is 528. The van der Waals surface area contributed by atoms with E-state index in [0.29, 0.717) is 0 Å². The summed E-state index contributed by atoms with van der Waals surface area (Å²) in [5.74, 6) is 0. The van der Waals surface area contributed by atoms with Crippen molar-refractivity contribution in [2.45, 2.75) is 51.9 Å². The summed E-state index contributed by atoms with van der Waals surface area (Å²) < 4.78 is 5.83. The molecule has 2 aromatic carbocycles. The third-order valence-electron chi connectivity index (χ3n) is 5.39. The van der Waals surface area contributed by atoms with E-state index in [1.165, 1.54) is 34.5 Å². The molecular weight excluding hydrogens is 349 g/mol. The van der Waals surface area contributed by atoms with Gasteiger partial charge in [-0.05, 0) is 16.5 Å². The standard InChI is InChI=1S/C20H30NSi2.K/c1-5-22(6-2,19-15-11-9-12-16-19)21-23(7-3,8-4)20-17-13-10-14-18-20;/h9-18H,5-8H2,1-4H3;/q-1;+1. The van der Waals surface area contributed by atoms with Gasteiger partial charge in [0.25, 0.3) is 0 Å². The number of hydrogen-bond acceptors (Lipinski definition) is 0. The average Bonchev–Trinajstić information content (AvgIpc) is 2.65. The molecule has 0 saturated carbocycles. The molecule has 0 aliphatic carbocycles. The molecule has 0 bridgehead atoms. The summed E-state index contributed by atoms with van der Waals surface area (Å²) in [6.07, 6.45) is 0. The molecule has 0 aromatic heterocycles. The molecule has 2 rings (SSSR count). The molecule has 0 spiro atoms. The minimum Gasteiger partial charge on any atom is -0.659 e. The maximum Gasteiger partial charge on any atom is 1.00 e. The molecular formula is C20H30KNSi2. The average molecular weight is 380 g/mol. The summed E-state index contributed by atoms with van der Waals surface area (Å²) in [6.45, 7) is 9.40. The predicted molar refractivity (Wildman–Crippen MR) is 109 cm³/mol. The summed E-state index contributed by atoms with van der Waals surface area (Å²) >= 11 is 0. The van der Waals surface area contributed by atoms with Crippen LogP contribution in [-0.4, -0.2) is 16.5 Å². The van der Waals surface area contributed by atoms with E-state index in [9.17, 15) is 0 Å². The molecule has 0 heterocycles. The zero-order chi connectivity index (χ0) is 16.8. The van der Waals surface area contributed by atoms with E-state index in [0.717, 1.165) is 0 Å². The van der Waals surface area contributed by atoms with Gasteiger partial charge >= 0.3 is 51.4 Å². The summed E-state index contributed by atoms with van der Waals surface area (Å²) in [5, 5.41) is 3.03. The number of nitrogens with zero attached hydrogens (tertiary/aromatic N) is 1. The van der Waals surface area contributed by atoms with Gasteiger partial charge in [0.1, 0.15) is 0 Å². The van der Waals surface area contributed by atoms with E-state index >= 15 is 0 Å². The van der Waals surface area contributed by atoms with E-state index in [2.05, 4.69) is 88.4 Å². The largest absolute Gasteiger partial charge is 1.00 e. The molecule has 0 saturated heterocycles. The van der Waals surface area contributed by atoms with Crippen LogP contribution in [0.25, 0.3) is 4.65 Å². The zero-order valence-corrected chi connectivity index (χ0v) is 21.2. The molecule has 0 radical (unpaired) electrons. The quantitative estimate of drug-likeness (QED) is 0.624. The third-order valence-corrected chi connectivity index (χ3v) is 16.3. The van der Waals surface area contributed by atoms with Crippen molar-refractivity contribution < 1.29 is 51.4 Å². The van der Waals surface area contributed by atoms with Crippen molar-refractivity contribution in [2.75, 3.05) is 0 Å². The van der Waals surface area contributed by atoms with Crippen molar-refractivity contribution in [1.82, 2.24) is 0 Å². The minimum absolute atomic E-state index is 0. The first kappa shape index (κ1) is 22.5. The number of hydrogen-bond donors (Lipinski definition) is 0. The van der Waals surface area contributed by atoms with Crippen LogP contribution in [-0.2, 0) is 0 Å². The normalized spacial score (nSPS) is 11.8. The van der Waals surface area contributed by atoms with Gasteiger partial charge in [-0.1, -0.05) is 123 Å². The second-order valence-corrected chi connectivity index (χ2v) is 15.3. The van der Waals surface area contributed by atoms with Gasteiger partial charge in [0, 0.05) is 0 Å². The van der Waals surface area contributed by atoms with Crippen molar-refractivity contribution in [2.24, 2.45) is 0 Å². The van der Waals surface area contributed by atoms with Crippen molar-refractivity contribution in [3.05, 3.63) is 65.3 Å². The molecule has 1 nitrogen and oxygen atoms in total. The summed E-state index contributed by atoms with van der Waals surface area (Å²) in [7, 11) is -3.59. The first-order valence-electron chi connectivity index (χ1n) is 9.01. The zero-order valence-electron chi connectivity index (χ0n) is 16.0. The van der Waals surface area contributed by atoms with Gasteiger partial charge in [0.05, 0.1) is 0 Å². The van der Waals surface area contributed by atoms with Crippen molar-refractivity contribution in [3.63, 3.8) is 0 Å². The Hall–Kier alpha value is 0.470. The van der Waals surface area contributed by atoms with Crippen LogP contribution < -0.4 is 61.8 Å². The summed E-state index contributed by atoms with van der Waals surface area (Å²) in [6, 6.07) is 27.1. The van der Waals surface area contributed by atoms with Crippen LogP contribution in [0.5, 0.6) is 0 Å². The van der Waals surface area contributed by atoms with Crippen LogP contribution >= 0.6 is 0 Å². The molecule has 0 N–H and O–H groups in total. The van der Waals surface area contributed by atoms with E-state index < -0.39 is 16.5 Å². The smallest absolute Gasteiger partial charge is 0.659 e. The maximum absolute atomic E-state index is 5.83. The van der Waals surface area contributed by atoms with Crippen LogP contribution in [0.1, 0.15) is 27.7 Å². The Balaban J connectivity index is 0.00000288. The Labute approximate surface area is 193 Å². The molecule has 0 aliphatic rings. The molecule has 24 heavy (non-hydrogen) atoms. The monoisotopic (exact) mass is 379 g/mol. The fraction of sp³-hybridized carbons (Fsp3) is 0.400. The minimum atomic E-state index is -1.79. The SMILES string of the molecule is CC[Si](CC)([N-][Si](CC)(CC)c1ccccc1)c1ccccc1.[K+]. The fourth-order valence-corrected chi connectivity index (χ4v) is 14.8. The number of benzene rings is 2. The third kappa shape index (κ3) is 4.80. The Morgan fingerprint density at radius 3 is 1.12 bits per heavy atom. The Morgan fingerprint density at radius 2 is 0.875 bits per heavy atom. The first-order valence-corrected chi connectivity index (χ1v) is 13.7. The molecule has 124 valence electrons. The predicted octanol–water partition coefficient (Wildman–Crippen LogP) is 2.15. The molecule has 2 aromatic rings. The van der Waals surface area contributed by atoms with Crippen LogP contribution in [0.2, 0.25) is 24.2 Å². The molecule has 0 fully saturated rings. The van der Waals surface area contributed by atoms with Crippen LogP contribution in [0, 0.1) is 0 Å². The molecule has 0 amide bonds. The van der Waals surface area contributed by atoms with Gasteiger partial charge in [-0.3, -0.25) is 0 Å². The molecule has 4 heteroatoms. The van der Waals surface area contributed by atoms with Gasteiger partial charge in [-0.25, -0.2) is 0 Å². The summed E-state index contributed by atoms with van der Waals surface area (Å²) in [5.41, 5.74) is 0. The maximum atomic E-state index is 5.83. The van der Waals surface area contributed by atoms with Crippen LogP contribution in [0.15, 0.2) is 60.7 Å². The van der Waals surface area contributed by atoms with E-state index in [4.69, 9.17) is 4.65 Å². The Kier molecular flexibility index (Phi) is 9.92. The van der Waals surface area contributed by atoms with Gasteiger partial charge in [0.2, 0.25) is 0 Å². The van der Waals surface area contributed by atoms with Gasteiger partial charge in [-0.15, -0.1) is 0 Å². The second-order valence-electron chi connectivity index (χ2n) is 6.32. The van der Waals surface area contributed by atoms with E-state index in [1.807, 2.05) is 0 Å². The fourth-order valence-electron chi connectivity index (χ4n) is 3.67. The van der Waals surface area contributed by atoms with Crippen LogP contribution in [0.4, 0.5) is 0 Å². The topological polar surface area (TPSA) is 14.1 Å². The second kappa shape index (κ2) is 10.6. The van der Waals surface area contributed by atoms with Gasteiger partial charge in [-0.2, -0.15) is 0 Å². The number of rotatable bonds is 8. The Morgan fingerprint density at radius 1 is 0.583 bits per heavy atom. The molecule has 0 aliphatic heterocycles. The van der Waals surface area contributed by atoms with Crippen molar-refractivity contribution in [3.8, 4) is 0 Å². The van der Waals surface area contributed by atoms with E-state index in [-0.39, 0.29) is 51.4 Å². The van der Waals surface area contributed by atoms with E-state index in [1.54, 1.807) is 0 Å². The summed E-state index contributed by atoms with van der Waals surface area (Å²) in [4.78, 5) is 0. The van der Waals surface area contributed by atoms with Gasteiger partial charge in [0.15, 0.2) is 0 Å².